The molecule has 0 aliphatic carbocycles. The Morgan fingerprint density at radius 2 is 1.71 bits per heavy atom. The first-order valence-electron chi connectivity index (χ1n) is 7.38. The lowest BCUT2D eigenvalue weighted by molar-refractivity contribution is 0.0785. The van der Waals surface area contributed by atoms with E-state index in [-0.39, 0.29) is 5.91 Å². The van der Waals surface area contributed by atoms with Crippen LogP contribution < -0.4 is 0 Å². The molecule has 4 rings (SSSR count). The van der Waals surface area contributed by atoms with E-state index < -0.39 is 0 Å². The van der Waals surface area contributed by atoms with Crippen LogP contribution in [0.3, 0.4) is 0 Å². The molecule has 2 aromatic heterocycles. The molecule has 0 fully saturated rings. The number of nitrogens with zero attached hydrogens (tertiary/aromatic N) is 5. The Morgan fingerprint density at radius 3 is 2.58 bits per heavy atom. The minimum atomic E-state index is -0.0564. The fraction of sp³-hybridized carbons (Fsp3) is 0.118. The van der Waals surface area contributed by atoms with Crippen molar-refractivity contribution in [3.63, 3.8) is 0 Å². The second-order valence-corrected chi connectivity index (χ2v) is 6.04. The van der Waals surface area contributed by atoms with E-state index >= 15 is 0 Å². The minimum absolute atomic E-state index is 0.0564. The highest BCUT2D eigenvalue weighted by Gasteiger charge is 2.13. The second-order valence-electron chi connectivity index (χ2n) is 5.51. The van der Waals surface area contributed by atoms with Crippen LogP contribution in [0.4, 0.5) is 0 Å². The van der Waals surface area contributed by atoms with Crippen molar-refractivity contribution in [2.45, 2.75) is 6.54 Å². The summed E-state index contributed by atoms with van der Waals surface area (Å²) in [6.07, 6.45) is 3.26. The zero-order valence-corrected chi connectivity index (χ0v) is 13.7. The maximum absolute atomic E-state index is 12.7. The number of hydrogen-bond donors (Lipinski definition) is 0. The van der Waals surface area contributed by atoms with Gasteiger partial charge in [-0.1, -0.05) is 6.07 Å². The molecule has 0 spiro atoms. The monoisotopic (exact) mass is 335 g/mol. The first-order valence-corrected chi connectivity index (χ1v) is 8.11. The highest BCUT2D eigenvalue weighted by atomic mass is 32.1. The van der Waals surface area contributed by atoms with Crippen molar-refractivity contribution in [2.75, 3.05) is 7.05 Å². The lowest BCUT2D eigenvalue weighted by atomic mass is 10.1. The highest BCUT2D eigenvalue weighted by molar-refractivity contribution is 7.00. The van der Waals surface area contributed by atoms with Gasteiger partial charge in [-0.05, 0) is 35.9 Å². The average Bonchev–Trinajstić information content (AvgIpc) is 3.08. The van der Waals surface area contributed by atoms with Crippen LogP contribution in [0.5, 0.6) is 0 Å². The molecule has 0 atom stereocenters. The summed E-state index contributed by atoms with van der Waals surface area (Å²) >= 11 is 1.19. The van der Waals surface area contributed by atoms with E-state index in [9.17, 15) is 4.79 Å². The molecule has 0 aliphatic rings. The van der Waals surface area contributed by atoms with Crippen molar-refractivity contribution in [1.29, 1.82) is 0 Å². The zero-order chi connectivity index (χ0) is 16.5. The summed E-state index contributed by atoms with van der Waals surface area (Å²) in [6, 6.07) is 11.2. The van der Waals surface area contributed by atoms with Gasteiger partial charge in [0.25, 0.3) is 5.91 Å². The molecule has 0 bridgehead atoms. The Kier molecular flexibility index (Phi) is 3.62. The first kappa shape index (κ1) is 14.6. The van der Waals surface area contributed by atoms with Crippen LogP contribution in [0.25, 0.3) is 22.1 Å². The smallest absolute Gasteiger partial charge is 0.253 e. The predicted molar refractivity (Wildman–Crippen MR) is 92.8 cm³/mol. The molecule has 0 saturated heterocycles. The topological polar surface area (TPSA) is 71.9 Å². The van der Waals surface area contributed by atoms with Gasteiger partial charge in [-0.15, -0.1) is 0 Å². The van der Waals surface area contributed by atoms with Gasteiger partial charge in [0.2, 0.25) is 0 Å². The SMILES string of the molecule is CN(Cc1ccc2nsnc2c1)C(=O)c1ccc2nccnc2c1. The van der Waals surface area contributed by atoms with Gasteiger partial charge in [0.05, 0.1) is 22.8 Å². The molecular formula is C17H13N5OS. The molecule has 2 aromatic carbocycles. The molecule has 0 saturated carbocycles. The summed E-state index contributed by atoms with van der Waals surface area (Å²) in [5, 5.41) is 0. The Morgan fingerprint density at radius 1 is 0.958 bits per heavy atom. The molecule has 0 unspecified atom stereocenters. The molecule has 1 amide bonds. The van der Waals surface area contributed by atoms with E-state index in [1.807, 2.05) is 24.3 Å². The Bertz CT molecular complexity index is 1050. The van der Waals surface area contributed by atoms with Gasteiger partial charge in [-0.25, -0.2) is 0 Å². The number of carbonyl (C=O) groups is 1. The third-order valence-corrected chi connectivity index (χ3v) is 4.36. The van der Waals surface area contributed by atoms with Gasteiger partial charge < -0.3 is 4.90 Å². The molecule has 6 nitrogen and oxygen atoms in total. The number of rotatable bonds is 3. The molecule has 0 radical (unpaired) electrons. The normalized spacial score (nSPS) is 11.0. The summed E-state index contributed by atoms with van der Waals surface area (Å²) in [7, 11) is 1.78. The molecule has 0 N–H and O–H groups in total. The van der Waals surface area contributed by atoms with Crippen LogP contribution in [0.1, 0.15) is 15.9 Å². The van der Waals surface area contributed by atoms with Gasteiger partial charge in [-0.3, -0.25) is 14.8 Å². The zero-order valence-electron chi connectivity index (χ0n) is 12.9. The van der Waals surface area contributed by atoms with Crippen LogP contribution in [0, 0.1) is 0 Å². The van der Waals surface area contributed by atoms with Gasteiger partial charge >= 0.3 is 0 Å². The van der Waals surface area contributed by atoms with Gasteiger partial charge in [-0.2, -0.15) is 8.75 Å². The standard InChI is InChI=1S/C17H13N5OS/c1-22(10-11-2-4-14-16(8-11)21-24-20-14)17(23)12-3-5-13-15(9-12)19-7-6-18-13/h2-9H,10H2,1H3. The molecule has 0 aliphatic heterocycles. The van der Waals surface area contributed by atoms with E-state index in [2.05, 4.69) is 18.7 Å². The summed E-state index contributed by atoms with van der Waals surface area (Å²) in [6.45, 7) is 0.505. The maximum Gasteiger partial charge on any atom is 0.253 e. The predicted octanol–water partition coefficient (Wildman–Crippen LogP) is 2.91. The fourth-order valence-corrected chi connectivity index (χ4v) is 3.11. The van der Waals surface area contributed by atoms with E-state index in [1.54, 1.807) is 36.5 Å². The Labute approximate surface area is 142 Å². The van der Waals surface area contributed by atoms with Crippen molar-refractivity contribution in [3.8, 4) is 0 Å². The van der Waals surface area contributed by atoms with E-state index in [1.165, 1.54) is 11.7 Å². The number of carbonyl (C=O) groups excluding carboxylic acids is 1. The molecule has 24 heavy (non-hydrogen) atoms. The first-order chi connectivity index (χ1) is 11.7. The lowest BCUT2D eigenvalue weighted by Gasteiger charge is -2.17. The molecule has 2 heterocycles. The lowest BCUT2D eigenvalue weighted by Crippen LogP contribution is -2.26. The van der Waals surface area contributed by atoms with Gasteiger partial charge in [0.1, 0.15) is 11.0 Å². The van der Waals surface area contributed by atoms with Crippen LogP contribution in [-0.2, 0) is 6.54 Å². The highest BCUT2D eigenvalue weighted by Crippen LogP contribution is 2.17. The Hall–Kier alpha value is -2.93. The van der Waals surface area contributed by atoms with Crippen molar-refractivity contribution >= 4 is 39.7 Å². The van der Waals surface area contributed by atoms with Crippen LogP contribution >= 0.6 is 11.7 Å². The minimum Gasteiger partial charge on any atom is -0.337 e. The van der Waals surface area contributed by atoms with Crippen molar-refractivity contribution < 1.29 is 4.79 Å². The third-order valence-electron chi connectivity index (χ3n) is 3.80. The number of amides is 1. The molecule has 118 valence electrons. The van der Waals surface area contributed by atoms with Crippen LogP contribution in [-0.4, -0.2) is 36.6 Å². The third kappa shape index (κ3) is 2.69. The summed E-state index contributed by atoms with van der Waals surface area (Å²) in [5.74, 6) is -0.0564. The number of aromatic nitrogens is 4. The van der Waals surface area contributed by atoms with Crippen LogP contribution in [0.2, 0.25) is 0 Å². The molecule has 4 aromatic rings. The fourth-order valence-electron chi connectivity index (χ4n) is 2.59. The van der Waals surface area contributed by atoms with Gasteiger partial charge in [0, 0.05) is 31.5 Å². The summed E-state index contributed by atoms with van der Waals surface area (Å²) < 4.78 is 8.42. The van der Waals surface area contributed by atoms with Gasteiger partial charge in [0.15, 0.2) is 0 Å². The average molecular weight is 335 g/mol. The van der Waals surface area contributed by atoms with Crippen molar-refractivity contribution in [3.05, 3.63) is 59.9 Å². The van der Waals surface area contributed by atoms with E-state index in [0.717, 1.165) is 22.1 Å². The summed E-state index contributed by atoms with van der Waals surface area (Å²) in [5.41, 5.74) is 4.85. The second kappa shape index (κ2) is 5.93. The van der Waals surface area contributed by atoms with E-state index in [4.69, 9.17) is 0 Å². The van der Waals surface area contributed by atoms with E-state index in [0.29, 0.717) is 17.6 Å². The molecule has 7 heteroatoms. The largest absolute Gasteiger partial charge is 0.337 e. The van der Waals surface area contributed by atoms with Crippen LogP contribution in [0.15, 0.2) is 48.8 Å². The number of benzene rings is 2. The number of hydrogen-bond acceptors (Lipinski definition) is 6. The Balaban J connectivity index is 1.57. The quantitative estimate of drug-likeness (QED) is 0.576. The maximum atomic E-state index is 12.7. The van der Waals surface area contributed by atoms with Crippen molar-refractivity contribution in [1.82, 2.24) is 23.6 Å². The molecular weight excluding hydrogens is 322 g/mol. The summed E-state index contributed by atoms with van der Waals surface area (Å²) in [4.78, 5) is 22.8. The number of fused-ring (bicyclic) bond motifs is 2. The van der Waals surface area contributed by atoms with Crippen molar-refractivity contribution in [2.24, 2.45) is 0 Å².